The quantitative estimate of drug-likeness (QED) is 0.369. The predicted molar refractivity (Wildman–Crippen MR) is 94.9 cm³/mol. The van der Waals surface area contributed by atoms with Crippen molar-refractivity contribution in [3.8, 4) is 17.6 Å². The number of rotatable bonds is 6. The van der Waals surface area contributed by atoms with Crippen LogP contribution in [0.4, 0.5) is 11.4 Å². The minimum Gasteiger partial charge on any atom is -0.497 e. The van der Waals surface area contributed by atoms with Crippen molar-refractivity contribution in [2.24, 2.45) is 0 Å². The molecular weight excluding hydrogens is 338 g/mol. The second kappa shape index (κ2) is 8.30. The van der Waals surface area contributed by atoms with Crippen molar-refractivity contribution in [1.29, 1.82) is 5.26 Å². The molecule has 1 N–H and O–H groups in total. The lowest BCUT2D eigenvalue weighted by Gasteiger charge is -2.09. The van der Waals surface area contributed by atoms with Crippen molar-refractivity contribution < 1.29 is 19.2 Å². The zero-order valence-corrected chi connectivity index (χ0v) is 14.1. The first-order chi connectivity index (χ1) is 12.5. The number of hydrogen-bond donors (Lipinski definition) is 1. The molecule has 0 unspecified atom stereocenters. The summed E-state index contributed by atoms with van der Waals surface area (Å²) in [5, 5.41) is 22.6. The number of methoxy groups -OCH3 is 2. The van der Waals surface area contributed by atoms with Gasteiger partial charge >= 0.3 is 0 Å². The smallest absolute Gasteiger partial charge is 0.271 e. The molecule has 0 heterocycles. The normalized spacial score (nSPS) is 10.6. The van der Waals surface area contributed by atoms with Gasteiger partial charge in [-0.05, 0) is 29.8 Å². The molecule has 26 heavy (non-hydrogen) atoms. The third kappa shape index (κ3) is 4.36. The van der Waals surface area contributed by atoms with Gasteiger partial charge in [0, 0.05) is 12.1 Å². The number of non-ortho nitro benzene ring substituents is 1. The minimum atomic E-state index is -0.706. The Balaban J connectivity index is 2.29. The van der Waals surface area contributed by atoms with Crippen LogP contribution in [0.3, 0.4) is 0 Å². The number of carbonyl (C=O) groups is 1. The van der Waals surface area contributed by atoms with Crippen LogP contribution in [-0.2, 0) is 4.79 Å². The Morgan fingerprint density at radius 3 is 2.42 bits per heavy atom. The van der Waals surface area contributed by atoms with Crippen LogP contribution in [0.1, 0.15) is 5.56 Å². The number of anilines is 1. The Kier molecular flexibility index (Phi) is 5.90. The highest BCUT2D eigenvalue weighted by atomic mass is 16.6. The van der Waals surface area contributed by atoms with Gasteiger partial charge in [0.1, 0.15) is 23.1 Å². The highest BCUT2D eigenvalue weighted by molar-refractivity contribution is 6.10. The highest BCUT2D eigenvalue weighted by Crippen LogP contribution is 2.29. The van der Waals surface area contributed by atoms with E-state index in [1.807, 2.05) is 6.07 Å². The Hall–Kier alpha value is -3.86. The maximum Gasteiger partial charge on any atom is 0.271 e. The summed E-state index contributed by atoms with van der Waals surface area (Å²) in [6, 6.07) is 12.4. The van der Waals surface area contributed by atoms with E-state index in [0.29, 0.717) is 11.3 Å². The summed E-state index contributed by atoms with van der Waals surface area (Å²) < 4.78 is 10.1. The molecular formula is C18H15N3O5. The highest BCUT2D eigenvalue weighted by Gasteiger charge is 2.16. The fourth-order valence-corrected chi connectivity index (χ4v) is 2.11. The molecule has 132 valence electrons. The number of carbonyl (C=O) groups excluding carboxylic acids is 1. The molecule has 8 heteroatoms. The van der Waals surface area contributed by atoms with Crippen LogP contribution in [-0.4, -0.2) is 25.1 Å². The molecule has 2 aromatic rings. The molecule has 0 aliphatic rings. The van der Waals surface area contributed by atoms with E-state index in [1.54, 1.807) is 24.3 Å². The first-order valence-electron chi connectivity index (χ1n) is 7.38. The predicted octanol–water partition coefficient (Wildman–Crippen LogP) is 3.16. The van der Waals surface area contributed by atoms with Crippen molar-refractivity contribution in [3.63, 3.8) is 0 Å². The molecule has 0 spiro atoms. The van der Waals surface area contributed by atoms with Gasteiger partial charge in [-0.1, -0.05) is 12.1 Å². The fourth-order valence-electron chi connectivity index (χ4n) is 2.11. The molecule has 0 saturated heterocycles. The van der Waals surface area contributed by atoms with Crippen molar-refractivity contribution in [1.82, 2.24) is 0 Å². The lowest BCUT2D eigenvalue weighted by Crippen LogP contribution is -2.14. The van der Waals surface area contributed by atoms with E-state index >= 15 is 0 Å². The molecule has 0 radical (unpaired) electrons. The lowest BCUT2D eigenvalue weighted by atomic mass is 10.1. The molecule has 0 bridgehead atoms. The Labute approximate surface area is 149 Å². The zero-order chi connectivity index (χ0) is 19.1. The standard InChI is InChI=1S/C18H15N3O5/c1-25-15-6-3-12(4-7-15)9-13(11-19)18(22)20-16-10-14(21(23)24)5-8-17(16)26-2/h3-10H,1-2H3,(H,20,22)/b13-9+. The van der Waals surface area contributed by atoms with Crippen LogP contribution >= 0.6 is 0 Å². The summed E-state index contributed by atoms with van der Waals surface area (Å²) in [4.78, 5) is 22.7. The third-order valence-electron chi connectivity index (χ3n) is 3.43. The molecule has 0 saturated carbocycles. The number of nitrogens with zero attached hydrogens (tertiary/aromatic N) is 2. The number of nitro benzene ring substituents is 1. The largest absolute Gasteiger partial charge is 0.497 e. The minimum absolute atomic E-state index is 0.0996. The van der Waals surface area contributed by atoms with Gasteiger partial charge in [0.15, 0.2) is 0 Å². The maximum atomic E-state index is 12.4. The van der Waals surface area contributed by atoms with E-state index in [9.17, 15) is 20.2 Å². The van der Waals surface area contributed by atoms with E-state index in [0.717, 1.165) is 0 Å². The van der Waals surface area contributed by atoms with Gasteiger partial charge in [0.05, 0.1) is 24.8 Å². The van der Waals surface area contributed by atoms with Crippen LogP contribution in [0.15, 0.2) is 48.0 Å². The summed E-state index contributed by atoms with van der Waals surface area (Å²) in [5.74, 6) is 0.180. The Morgan fingerprint density at radius 2 is 1.88 bits per heavy atom. The van der Waals surface area contributed by atoms with Gasteiger partial charge in [-0.2, -0.15) is 5.26 Å². The average molecular weight is 353 g/mol. The first kappa shape index (κ1) is 18.5. The molecule has 0 aliphatic carbocycles. The van der Waals surface area contributed by atoms with Crippen molar-refractivity contribution in [3.05, 3.63) is 63.7 Å². The van der Waals surface area contributed by atoms with E-state index < -0.39 is 10.8 Å². The molecule has 2 rings (SSSR count). The molecule has 0 atom stereocenters. The van der Waals surface area contributed by atoms with Crippen LogP contribution in [0.2, 0.25) is 0 Å². The summed E-state index contributed by atoms with van der Waals surface area (Å²) in [6.45, 7) is 0. The summed E-state index contributed by atoms with van der Waals surface area (Å²) in [7, 11) is 2.90. The topological polar surface area (TPSA) is 114 Å². The van der Waals surface area contributed by atoms with Gasteiger partial charge in [-0.15, -0.1) is 0 Å². The van der Waals surface area contributed by atoms with Crippen LogP contribution < -0.4 is 14.8 Å². The van der Waals surface area contributed by atoms with Gasteiger partial charge in [-0.3, -0.25) is 14.9 Å². The average Bonchev–Trinajstić information content (AvgIpc) is 2.66. The summed E-state index contributed by atoms with van der Waals surface area (Å²) >= 11 is 0. The molecule has 0 aromatic heterocycles. The molecule has 0 fully saturated rings. The van der Waals surface area contributed by atoms with E-state index in [-0.39, 0.29) is 22.7 Å². The number of hydrogen-bond acceptors (Lipinski definition) is 6. The number of benzene rings is 2. The molecule has 2 aromatic carbocycles. The van der Waals surface area contributed by atoms with Crippen molar-refractivity contribution in [2.45, 2.75) is 0 Å². The first-order valence-corrected chi connectivity index (χ1v) is 7.38. The van der Waals surface area contributed by atoms with Gasteiger partial charge in [0.25, 0.3) is 11.6 Å². The number of nitrogens with one attached hydrogen (secondary N) is 1. The second-order valence-corrected chi connectivity index (χ2v) is 5.04. The maximum absolute atomic E-state index is 12.4. The van der Waals surface area contributed by atoms with E-state index in [4.69, 9.17) is 9.47 Å². The van der Waals surface area contributed by atoms with E-state index in [1.165, 1.54) is 38.5 Å². The zero-order valence-electron chi connectivity index (χ0n) is 14.1. The van der Waals surface area contributed by atoms with Gasteiger partial charge < -0.3 is 14.8 Å². The fraction of sp³-hybridized carbons (Fsp3) is 0.111. The number of ether oxygens (including phenoxy) is 2. The van der Waals surface area contributed by atoms with E-state index in [2.05, 4.69) is 5.32 Å². The molecule has 0 aliphatic heterocycles. The lowest BCUT2D eigenvalue weighted by molar-refractivity contribution is -0.384. The molecule has 8 nitrogen and oxygen atoms in total. The van der Waals surface area contributed by atoms with Gasteiger partial charge in [0.2, 0.25) is 0 Å². The summed E-state index contributed by atoms with van der Waals surface area (Å²) in [5.41, 5.74) is 0.355. The van der Waals surface area contributed by atoms with Crippen LogP contribution in [0.25, 0.3) is 6.08 Å². The van der Waals surface area contributed by atoms with Crippen molar-refractivity contribution in [2.75, 3.05) is 19.5 Å². The number of amides is 1. The number of nitro groups is 1. The van der Waals surface area contributed by atoms with Gasteiger partial charge in [-0.25, -0.2) is 0 Å². The second-order valence-electron chi connectivity index (χ2n) is 5.04. The monoisotopic (exact) mass is 353 g/mol. The third-order valence-corrected chi connectivity index (χ3v) is 3.43. The van der Waals surface area contributed by atoms with Crippen LogP contribution in [0.5, 0.6) is 11.5 Å². The summed E-state index contributed by atoms with van der Waals surface area (Å²) in [6.07, 6.45) is 1.40. The molecule has 1 amide bonds. The Morgan fingerprint density at radius 1 is 1.19 bits per heavy atom. The number of nitriles is 1. The van der Waals surface area contributed by atoms with Crippen LogP contribution in [0, 0.1) is 21.4 Å². The van der Waals surface area contributed by atoms with Crippen molar-refractivity contribution >= 4 is 23.4 Å². The SMILES string of the molecule is COc1ccc(/C=C(\C#N)C(=O)Nc2cc([N+](=O)[O-])ccc2OC)cc1. The Bertz CT molecular complexity index is 898.